The van der Waals surface area contributed by atoms with Crippen molar-refractivity contribution in [3.8, 4) is 0 Å². The number of hydrogen-bond donors (Lipinski definition) is 0. The molecular weight excluding hydrogens is 166 g/mol. The van der Waals surface area contributed by atoms with Gasteiger partial charge in [-0.15, -0.1) is 5.10 Å². The summed E-state index contributed by atoms with van der Waals surface area (Å²) in [6.45, 7) is 6.87. The van der Waals surface area contributed by atoms with Gasteiger partial charge in [-0.05, 0) is 5.92 Å². The highest BCUT2D eigenvalue weighted by atomic mass is 19.3. The van der Waals surface area contributed by atoms with Gasteiger partial charge < -0.3 is 4.74 Å². The smallest absolute Gasteiger partial charge is 0.314 e. The van der Waals surface area contributed by atoms with Crippen LogP contribution in [0.4, 0.5) is 8.78 Å². The van der Waals surface area contributed by atoms with Crippen LogP contribution < -0.4 is 0 Å². The van der Waals surface area contributed by atoms with E-state index < -0.39 is 12.3 Å². The van der Waals surface area contributed by atoms with Gasteiger partial charge in [-0.2, -0.15) is 13.9 Å². The van der Waals surface area contributed by atoms with Crippen LogP contribution in [0.2, 0.25) is 0 Å². The molecule has 0 atom stereocenters. The van der Waals surface area contributed by atoms with Crippen LogP contribution in [0.3, 0.4) is 0 Å². The lowest BCUT2D eigenvalue weighted by molar-refractivity contribution is 0.156. The lowest BCUT2D eigenvalue weighted by Crippen LogP contribution is -2.17. The molecule has 0 bridgehead atoms. The normalized spacial score (nSPS) is 12.3. The molecule has 0 aromatic rings. The summed E-state index contributed by atoms with van der Waals surface area (Å²) in [5.74, 6) is -0.488. The van der Waals surface area contributed by atoms with Gasteiger partial charge in [0.05, 0.1) is 6.61 Å². The third-order valence-corrected chi connectivity index (χ3v) is 0.920. The topological polar surface area (TPSA) is 34.0 Å². The molecule has 0 fully saturated rings. The van der Waals surface area contributed by atoms with Crippen LogP contribution in [0, 0.1) is 5.92 Å². The first-order valence-corrected chi connectivity index (χ1v) is 3.52. The van der Waals surface area contributed by atoms with Gasteiger partial charge >= 0.3 is 6.43 Å². The maximum atomic E-state index is 12.0. The van der Waals surface area contributed by atoms with Crippen molar-refractivity contribution >= 4 is 12.6 Å². The zero-order valence-corrected chi connectivity index (χ0v) is 7.13. The monoisotopic (exact) mass is 178 g/mol. The lowest BCUT2D eigenvalue weighted by atomic mass is 10.2. The maximum Gasteiger partial charge on any atom is 0.314 e. The molecule has 0 saturated carbocycles. The maximum absolute atomic E-state index is 12.0. The molecule has 5 heteroatoms. The summed E-state index contributed by atoms with van der Waals surface area (Å²) in [6.07, 6.45) is -2.73. The average molecular weight is 178 g/mol. The van der Waals surface area contributed by atoms with E-state index in [-0.39, 0.29) is 12.5 Å². The highest BCUT2D eigenvalue weighted by Crippen LogP contribution is 2.02. The van der Waals surface area contributed by atoms with E-state index in [1.54, 1.807) is 0 Å². The molecule has 0 aliphatic rings. The fourth-order valence-corrected chi connectivity index (χ4v) is 0.457. The Bertz CT molecular complexity index is 169. The second kappa shape index (κ2) is 5.62. The number of nitrogens with zero attached hydrogens (tertiary/aromatic N) is 2. The van der Waals surface area contributed by atoms with Gasteiger partial charge in [-0.25, -0.2) is 0 Å². The molecule has 0 amide bonds. The van der Waals surface area contributed by atoms with Crippen molar-refractivity contribution in [2.24, 2.45) is 16.1 Å². The van der Waals surface area contributed by atoms with E-state index in [9.17, 15) is 8.78 Å². The Hall–Kier alpha value is -1.00. The molecule has 0 radical (unpaired) electrons. The minimum Gasteiger partial charge on any atom is -0.475 e. The summed E-state index contributed by atoms with van der Waals surface area (Å²) in [7, 11) is 0. The SMILES string of the molecule is C=N/N=C(\OCC(C)C)C(F)F. The summed E-state index contributed by atoms with van der Waals surface area (Å²) >= 11 is 0. The summed E-state index contributed by atoms with van der Waals surface area (Å²) in [5.41, 5.74) is 0. The van der Waals surface area contributed by atoms with Gasteiger partial charge in [0.15, 0.2) is 0 Å². The van der Waals surface area contributed by atoms with Crippen molar-refractivity contribution in [2.45, 2.75) is 20.3 Å². The summed E-state index contributed by atoms with van der Waals surface area (Å²) in [6, 6.07) is 0. The third-order valence-electron chi connectivity index (χ3n) is 0.920. The first-order chi connectivity index (χ1) is 5.57. The molecule has 0 unspecified atom stereocenters. The highest BCUT2D eigenvalue weighted by molar-refractivity contribution is 5.79. The van der Waals surface area contributed by atoms with E-state index in [0.29, 0.717) is 0 Å². The van der Waals surface area contributed by atoms with Crippen LogP contribution >= 0.6 is 0 Å². The number of rotatable bonds is 4. The second-order valence-electron chi connectivity index (χ2n) is 2.59. The summed E-state index contributed by atoms with van der Waals surface area (Å²) < 4.78 is 28.7. The molecule has 0 aromatic heterocycles. The van der Waals surface area contributed by atoms with Gasteiger partial charge in [0.1, 0.15) is 0 Å². The first-order valence-electron chi connectivity index (χ1n) is 3.52. The Balaban J connectivity index is 3.97. The predicted molar refractivity (Wildman–Crippen MR) is 43.8 cm³/mol. The first kappa shape index (κ1) is 11.0. The largest absolute Gasteiger partial charge is 0.475 e. The molecule has 0 aliphatic carbocycles. The Kier molecular flexibility index (Phi) is 5.16. The summed E-state index contributed by atoms with van der Waals surface area (Å²) in [4.78, 5) is 0. The van der Waals surface area contributed by atoms with E-state index in [1.807, 2.05) is 13.8 Å². The van der Waals surface area contributed by atoms with Crippen LogP contribution in [-0.2, 0) is 4.74 Å². The highest BCUT2D eigenvalue weighted by Gasteiger charge is 2.15. The van der Waals surface area contributed by atoms with Gasteiger partial charge in [-0.1, -0.05) is 13.8 Å². The molecule has 3 nitrogen and oxygen atoms in total. The molecule has 0 heterocycles. The fraction of sp³-hybridized carbons (Fsp3) is 0.714. The molecule has 0 rings (SSSR count). The number of hydrogen-bond acceptors (Lipinski definition) is 3. The Morgan fingerprint density at radius 2 is 2.08 bits per heavy atom. The Labute approximate surface area is 70.1 Å². The van der Waals surface area contributed by atoms with Crippen molar-refractivity contribution in [3.05, 3.63) is 0 Å². The molecule has 0 spiro atoms. The Morgan fingerprint density at radius 3 is 2.42 bits per heavy atom. The van der Waals surface area contributed by atoms with Gasteiger partial charge in [0, 0.05) is 6.72 Å². The molecular formula is C7H12F2N2O. The van der Waals surface area contributed by atoms with E-state index in [2.05, 4.69) is 21.7 Å². The molecule has 70 valence electrons. The quantitative estimate of drug-likeness (QED) is 0.368. The lowest BCUT2D eigenvalue weighted by Gasteiger charge is -2.08. The zero-order valence-electron chi connectivity index (χ0n) is 7.13. The Morgan fingerprint density at radius 1 is 1.50 bits per heavy atom. The molecule has 0 saturated heterocycles. The van der Waals surface area contributed by atoms with Crippen LogP contribution in [0.5, 0.6) is 0 Å². The van der Waals surface area contributed by atoms with Gasteiger partial charge in [0.2, 0.25) is 0 Å². The second-order valence-corrected chi connectivity index (χ2v) is 2.59. The van der Waals surface area contributed by atoms with Crippen molar-refractivity contribution in [2.75, 3.05) is 6.61 Å². The van der Waals surface area contributed by atoms with Crippen LogP contribution in [0.25, 0.3) is 0 Å². The molecule has 0 N–H and O–H groups in total. The number of halogens is 2. The minimum atomic E-state index is -2.73. The number of ether oxygens (including phenoxy) is 1. The van der Waals surface area contributed by atoms with Crippen molar-refractivity contribution < 1.29 is 13.5 Å². The summed E-state index contributed by atoms with van der Waals surface area (Å²) in [5, 5.41) is 6.02. The van der Waals surface area contributed by atoms with Crippen LogP contribution in [0.15, 0.2) is 10.2 Å². The molecule has 12 heavy (non-hydrogen) atoms. The van der Waals surface area contributed by atoms with Gasteiger partial charge in [0.25, 0.3) is 5.90 Å². The van der Waals surface area contributed by atoms with Crippen LogP contribution in [-0.4, -0.2) is 25.6 Å². The molecule has 0 aromatic carbocycles. The fourth-order valence-electron chi connectivity index (χ4n) is 0.457. The predicted octanol–water partition coefficient (Wildman–Crippen LogP) is 1.94. The van der Waals surface area contributed by atoms with E-state index in [0.717, 1.165) is 0 Å². The van der Waals surface area contributed by atoms with E-state index >= 15 is 0 Å². The standard InChI is InChI=1S/C7H12F2N2O/c1-5(2)4-12-7(6(8)9)11-10-3/h5-6H,3-4H2,1-2H3/b11-7-. The van der Waals surface area contributed by atoms with E-state index in [4.69, 9.17) is 0 Å². The average Bonchev–Trinajstić information content (AvgIpc) is 1.96. The van der Waals surface area contributed by atoms with Crippen LogP contribution in [0.1, 0.15) is 13.8 Å². The minimum absolute atomic E-state index is 0.179. The zero-order chi connectivity index (χ0) is 9.56. The van der Waals surface area contributed by atoms with Crippen molar-refractivity contribution in [3.63, 3.8) is 0 Å². The van der Waals surface area contributed by atoms with E-state index in [1.165, 1.54) is 0 Å². The third kappa shape index (κ3) is 4.76. The van der Waals surface area contributed by atoms with Crippen molar-refractivity contribution in [1.29, 1.82) is 0 Å². The van der Waals surface area contributed by atoms with Gasteiger partial charge in [-0.3, -0.25) is 0 Å². The molecule has 0 aliphatic heterocycles. The van der Waals surface area contributed by atoms with Crippen molar-refractivity contribution in [1.82, 2.24) is 0 Å². The number of alkyl halides is 2.